The Morgan fingerprint density at radius 1 is 1.40 bits per heavy atom. The molecule has 0 heterocycles. The van der Waals surface area contributed by atoms with Crippen molar-refractivity contribution in [2.75, 3.05) is 12.3 Å². The van der Waals surface area contributed by atoms with Gasteiger partial charge >= 0.3 is 0 Å². The van der Waals surface area contributed by atoms with E-state index < -0.39 is 10.0 Å². The summed E-state index contributed by atoms with van der Waals surface area (Å²) < 4.78 is 27.1. The monoisotopic (exact) mass is 316 g/mol. The van der Waals surface area contributed by atoms with Crippen LogP contribution in [0.3, 0.4) is 0 Å². The van der Waals surface area contributed by atoms with Gasteiger partial charge in [0.2, 0.25) is 10.0 Å². The van der Waals surface area contributed by atoms with Gasteiger partial charge in [0.25, 0.3) is 0 Å². The number of sulfonamides is 1. The summed E-state index contributed by atoms with van der Waals surface area (Å²) in [5, 5.41) is 0.388. The SMILES string of the molecule is Cc1c(N)cc(S(=O)(=O)N(CC2CC2)C(C)C)cc1Cl. The first-order valence-corrected chi connectivity index (χ1v) is 8.62. The molecule has 0 atom stereocenters. The van der Waals surface area contributed by atoms with Crippen LogP contribution in [-0.4, -0.2) is 25.3 Å². The minimum absolute atomic E-state index is 0.0816. The third-order valence-electron chi connectivity index (χ3n) is 3.68. The smallest absolute Gasteiger partial charge is 0.243 e. The molecule has 1 aliphatic carbocycles. The summed E-state index contributed by atoms with van der Waals surface area (Å²) in [5.41, 5.74) is 6.96. The summed E-state index contributed by atoms with van der Waals surface area (Å²) in [6, 6.07) is 2.91. The average molecular weight is 317 g/mol. The summed E-state index contributed by atoms with van der Waals surface area (Å²) in [5.74, 6) is 0.491. The Labute approximate surface area is 126 Å². The Balaban J connectivity index is 2.41. The van der Waals surface area contributed by atoms with Crippen molar-refractivity contribution in [3.63, 3.8) is 0 Å². The highest BCUT2D eigenvalue weighted by molar-refractivity contribution is 7.89. The molecule has 1 aliphatic rings. The van der Waals surface area contributed by atoms with E-state index in [1.165, 1.54) is 12.1 Å². The highest BCUT2D eigenvalue weighted by Gasteiger charge is 2.33. The van der Waals surface area contributed by atoms with Gasteiger partial charge in [-0.25, -0.2) is 8.42 Å². The molecule has 112 valence electrons. The van der Waals surface area contributed by atoms with Crippen LogP contribution < -0.4 is 5.73 Å². The molecule has 0 unspecified atom stereocenters. The molecule has 1 saturated carbocycles. The van der Waals surface area contributed by atoms with E-state index in [0.717, 1.165) is 12.8 Å². The molecule has 0 saturated heterocycles. The number of hydrogen-bond donors (Lipinski definition) is 1. The summed E-state index contributed by atoms with van der Waals surface area (Å²) in [6.07, 6.45) is 2.21. The van der Waals surface area contributed by atoms with Crippen LogP contribution in [0, 0.1) is 12.8 Å². The summed E-state index contributed by atoms with van der Waals surface area (Å²) >= 11 is 6.06. The largest absolute Gasteiger partial charge is 0.398 e. The molecule has 2 N–H and O–H groups in total. The van der Waals surface area contributed by atoms with Crippen molar-refractivity contribution in [2.24, 2.45) is 5.92 Å². The molecular weight excluding hydrogens is 296 g/mol. The molecular formula is C14H21ClN2O2S. The third-order valence-corrected chi connectivity index (χ3v) is 6.09. The maximum absolute atomic E-state index is 12.8. The van der Waals surface area contributed by atoms with Crippen molar-refractivity contribution < 1.29 is 8.42 Å². The quantitative estimate of drug-likeness (QED) is 0.849. The van der Waals surface area contributed by atoms with Gasteiger partial charge in [-0.15, -0.1) is 0 Å². The lowest BCUT2D eigenvalue weighted by atomic mass is 10.2. The standard InChI is InChI=1S/C14H21ClN2O2S/c1-9(2)17(8-11-4-5-11)20(18,19)12-6-13(15)10(3)14(16)7-12/h6-7,9,11H,4-5,8,16H2,1-3H3. The molecule has 1 fully saturated rings. The van der Waals surface area contributed by atoms with Crippen LogP contribution in [0.5, 0.6) is 0 Å². The van der Waals surface area contributed by atoms with E-state index in [9.17, 15) is 8.42 Å². The Hall–Kier alpha value is -0.780. The minimum Gasteiger partial charge on any atom is -0.398 e. The van der Waals surface area contributed by atoms with E-state index >= 15 is 0 Å². The predicted octanol–water partition coefficient (Wildman–Crippen LogP) is 3.04. The van der Waals surface area contributed by atoms with Gasteiger partial charge in [0.1, 0.15) is 0 Å². The van der Waals surface area contributed by atoms with Gasteiger partial charge in [0.15, 0.2) is 0 Å². The molecule has 0 amide bonds. The second-order valence-corrected chi connectivity index (χ2v) is 8.03. The fraction of sp³-hybridized carbons (Fsp3) is 0.571. The lowest BCUT2D eigenvalue weighted by molar-refractivity contribution is 0.342. The van der Waals surface area contributed by atoms with Gasteiger partial charge in [0.05, 0.1) is 4.90 Å². The van der Waals surface area contributed by atoms with Crippen molar-refractivity contribution in [1.82, 2.24) is 4.31 Å². The van der Waals surface area contributed by atoms with E-state index in [-0.39, 0.29) is 10.9 Å². The van der Waals surface area contributed by atoms with Crippen LogP contribution in [0.4, 0.5) is 5.69 Å². The van der Waals surface area contributed by atoms with E-state index in [1.807, 2.05) is 13.8 Å². The van der Waals surface area contributed by atoms with Gasteiger partial charge in [-0.05, 0) is 57.2 Å². The van der Waals surface area contributed by atoms with Crippen LogP contribution in [0.1, 0.15) is 32.3 Å². The normalized spacial score (nSPS) is 16.1. The molecule has 0 radical (unpaired) electrons. The lowest BCUT2D eigenvalue weighted by Gasteiger charge is -2.26. The molecule has 4 nitrogen and oxygen atoms in total. The van der Waals surface area contributed by atoms with E-state index in [4.69, 9.17) is 17.3 Å². The Bertz CT molecular complexity index is 587. The zero-order valence-corrected chi connectivity index (χ0v) is 13.6. The first kappa shape index (κ1) is 15.6. The molecule has 0 spiro atoms. The second-order valence-electron chi connectivity index (χ2n) is 5.73. The zero-order chi connectivity index (χ0) is 15.1. The molecule has 1 aromatic carbocycles. The lowest BCUT2D eigenvalue weighted by Crippen LogP contribution is -2.38. The topological polar surface area (TPSA) is 63.4 Å². The number of nitrogens with zero attached hydrogens (tertiary/aromatic N) is 1. The van der Waals surface area contributed by atoms with Crippen LogP contribution in [0.25, 0.3) is 0 Å². The van der Waals surface area contributed by atoms with Gasteiger partial charge < -0.3 is 5.73 Å². The van der Waals surface area contributed by atoms with Crippen molar-refractivity contribution in [3.8, 4) is 0 Å². The average Bonchev–Trinajstić information content (AvgIpc) is 3.15. The highest BCUT2D eigenvalue weighted by Crippen LogP contribution is 2.34. The van der Waals surface area contributed by atoms with Gasteiger partial charge in [0, 0.05) is 23.3 Å². The van der Waals surface area contributed by atoms with Crippen molar-refractivity contribution in [2.45, 2.75) is 44.6 Å². The van der Waals surface area contributed by atoms with Gasteiger partial charge in [-0.1, -0.05) is 11.6 Å². The number of anilines is 1. The van der Waals surface area contributed by atoms with Crippen molar-refractivity contribution in [1.29, 1.82) is 0 Å². The van der Waals surface area contributed by atoms with Crippen LogP contribution in [-0.2, 0) is 10.0 Å². The first-order valence-electron chi connectivity index (χ1n) is 6.81. The minimum atomic E-state index is -3.55. The predicted molar refractivity (Wildman–Crippen MR) is 82.4 cm³/mol. The van der Waals surface area contributed by atoms with Crippen LogP contribution in [0.2, 0.25) is 5.02 Å². The molecule has 0 bridgehead atoms. The zero-order valence-electron chi connectivity index (χ0n) is 12.1. The van der Waals surface area contributed by atoms with E-state index in [2.05, 4.69) is 0 Å². The fourth-order valence-electron chi connectivity index (χ4n) is 2.10. The van der Waals surface area contributed by atoms with Gasteiger partial charge in [-0.3, -0.25) is 0 Å². The molecule has 2 rings (SSSR count). The number of nitrogens with two attached hydrogens (primary N) is 1. The number of halogens is 1. The Morgan fingerprint density at radius 3 is 2.45 bits per heavy atom. The fourth-order valence-corrected chi connectivity index (χ4v) is 4.17. The molecule has 0 aromatic heterocycles. The van der Waals surface area contributed by atoms with E-state index in [1.54, 1.807) is 11.2 Å². The van der Waals surface area contributed by atoms with Crippen molar-refractivity contribution >= 4 is 27.3 Å². The maximum Gasteiger partial charge on any atom is 0.243 e. The van der Waals surface area contributed by atoms with Crippen LogP contribution >= 0.6 is 11.6 Å². The number of hydrogen-bond acceptors (Lipinski definition) is 3. The first-order chi connectivity index (χ1) is 9.23. The van der Waals surface area contributed by atoms with Crippen molar-refractivity contribution in [3.05, 3.63) is 22.7 Å². The summed E-state index contributed by atoms with van der Waals surface area (Å²) in [6.45, 7) is 6.13. The second kappa shape index (κ2) is 5.54. The molecule has 1 aromatic rings. The molecule has 0 aliphatic heterocycles. The Morgan fingerprint density at radius 2 is 2.00 bits per heavy atom. The van der Waals surface area contributed by atoms with Crippen LogP contribution in [0.15, 0.2) is 17.0 Å². The number of benzene rings is 1. The Kier molecular flexibility index (Phi) is 4.33. The van der Waals surface area contributed by atoms with Gasteiger partial charge in [-0.2, -0.15) is 4.31 Å². The maximum atomic E-state index is 12.8. The highest BCUT2D eigenvalue weighted by atomic mass is 35.5. The molecule has 20 heavy (non-hydrogen) atoms. The summed E-state index contributed by atoms with van der Waals surface area (Å²) in [4.78, 5) is 0.181. The number of rotatable bonds is 5. The molecule has 6 heteroatoms. The summed E-state index contributed by atoms with van der Waals surface area (Å²) in [7, 11) is -3.55. The third kappa shape index (κ3) is 3.10. The number of nitrogen functional groups attached to an aromatic ring is 1. The van der Waals surface area contributed by atoms with E-state index in [0.29, 0.717) is 28.7 Å².